The van der Waals surface area contributed by atoms with Crippen molar-refractivity contribution >= 4 is 24.3 Å². The average molecular weight is 355 g/mol. The molecule has 6 nitrogen and oxygen atoms in total. The van der Waals surface area contributed by atoms with E-state index >= 15 is 0 Å². The Morgan fingerprint density at radius 3 is 2.54 bits per heavy atom. The monoisotopic (exact) mass is 354 g/mol. The highest BCUT2D eigenvalue weighted by Gasteiger charge is 2.23. The summed E-state index contributed by atoms with van der Waals surface area (Å²) in [6.45, 7) is 8.72. The maximum atomic E-state index is 12.5. The molecule has 7 heteroatoms. The van der Waals surface area contributed by atoms with E-state index in [0.29, 0.717) is 12.1 Å². The normalized spacial score (nSPS) is 17.2. The van der Waals surface area contributed by atoms with E-state index in [4.69, 9.17) is 0 Å². The number of urea groups is 1. The van der Waals surface area contributed by atoms with Crippen LogP contribution < -0.4 is 16.0 Å². The number of benzene rings is 1. The van der Waals surface area contributed by atoms with Crippen LogP contribution in [0.5, 0.6) is 0 Å². The molecule has 0 aliphatic carbocycles. The van der Waals surface area contributed by atoms with Crippen molar-refractivity contribution in [2.45, 2.75) is 39.4 Å². The first-order valence-electron chi connectivity index (χ1n) is 8.12. The van der Waals surface area contributed by atoms with Crippen molar-refractivity contribution in [1.82, 2.24) is 20.9 Å². The maximum absolute atomic E-state index is 12.5. The van der Waals surface area contributed by atoms with Crippen LogP contribution in [-0.2, 0) is 6.54 Å². The van der Waals surface area contributed by atoms with Crippen molar-refractivity contribution in [3.05, 3.63) is 35.4 Å². The van der Waals surface area contributed by atoms with E-state index in [-0.39, 0.29) is 36.4 Å². The Labute approximate surface area is 149 Å². The molecule has 1 atom stereocenters. The van der Waals surface area contributed by atoms with Crippen molar-refractivity contribution in [3.8, 4) is 0 Å². The van der Waals surface area contributed by atoms with Crippen molar-refractivity contribution < 1.29 is 9.59 Å². The van der Waals surface area contributed by atoms with Gasteiger partial charge in [0, 0.05) is 43.8 Å². The molecule has 24 heavy (non-hydrogen) atoms. The Bertz CT molecular complexity index is 548. The molecule has 1 aromatic carbocycles. The molecule has 3 N–H and O–H groups in total. The molecule has 1 aliphatic heterocycles. The van der Waals surface area contributed by atoms with Gasteiger partial charge in [0.15, 0.2) is 0 Å². The molecule has 0 spiro atoms. The minimum atomic E-state index is -0.185. The number of hydrogen-bond acceptors (Lipinski definition) is 3. The quantitative estimate of drug-likeness (QED) is 0.771. The van der Waals surface area contributed by atoms with Gasteiger partial charge in [0.2, 0.25) is 0 Å². The third-order valence-electron chi connectivity index (χ3n) is 3.84. The first kappa shape index (κ1) is 20.3. The number of rotatable bonds is 4. The highest BCUT2D eigenvalue weighted by molar-refractivity contribution is 5.94. The van der Waals surface area contributed by atoms with E-state index < -0.39 is 0 Å². The minimum absolute atomic E-state index is 0. The second kappa shape index (κ2) is 9.49. The number of nitrogens with one attached hydrogen (secondary N) is 3. The summed E-state index contributed by atoms with van der Waals surface area (Å²) in [6, 6.07) is 7.55. The third kappa shape index (κ3) is 5.69. The van der Waals surface area contributed by atoms with Gasteiger partial charge >= 0.3 is 6.03 Å². The topological polar surface area (TPSA) is 73.5 Å². The number of hydrogen-bond donors (Lipinski definition) is 3. The summed E-state index contributed by atoms with van der Waals surface area (Å²) in [6.07, 6.45) is 0. The van der Waals surface area contributed by atoms with Gasteiger partial charge < -0.3 is 20.9 Å². The zero-order chi connectivity index (χ0) is 16.8. The fraction of sp³-hybridized carbons (Fsp3) is 0.529. The van der Waals surface area contributed by atoms with Gasteiger partial charge in [-0.3, -0.25) is 4.79 Å². The molecule has 0 radical (unpaired) electrons. The fourth-order valence-corrected chi connectivity index (χ4v) is 2.57. The van der Waals surface area contributed by atoms with Crippen LogP contribution in [0.15, 0.2) is 24.3 Å². The van der Waals surface area contributed by atoms with E-state index in [2.05, 4.69) is 22.9 Å². The standard InChI is InChI=1S/C17H26N4O2.ClH/c1-12(2)20-17(23)19-11-14-4-6-15(7-5-14)16(22)21-9-8-18-10-13(21)3;/h4-7,12-13,18H,8-11H2,1-3H3,(H2,19,20,23);1H/t13-;/m0./s1. The predicted molar refractivity (Wildman–Crippen MR) is 97.6 cm³/mol. The number of nitrogens with zero attached hydrogens (tertiary/aromatic N) is 1. The Hall–Kier alpha value is -1.79. The lowest BCUT2D eigenvalue weighted by atomic mass is 10.1. The van der Waals surface area contributed by atoms with Crippen molar-refractivity contribution in [2.75, 3.05) is 19.6 Å². The SMILES string of the molecule is CC(C)NC(=O)NCc1ccc(C(=O)N2CCNC[C@@H]2C)cc1.Cl. The molecule has 1 fully saturated rings. The highest BCUT2D eigenvalue weighted by Crippen LogP contribution is 2.11. The van der Waals surface area contributed by atoms with E-state index in [1.165, 1.54) is 0 Å². The van der Waals surface area contributed by atoms with Crippen LogP contribution in [-0.4, -0.2) is 48.6 Å². The predicted octanol–water partition coefficient (Wildman–Crippen LogP) is 1.75. The lowest BCUT2D eigenvalue weighted by molar-refractivity contribution is 0.0655. The largest absolute Gasteiger partial charge is 0.336 e. The van der Waals surface area contributed by atoms with E-state index in [9.17, 15) is 9.59 Å². The summed E-state index contributed by atoms with van der Waals surface area (Å²) in [5, 5.41) is 8.85. The number of halogens is 1. The van der Waals surface area contributed by atoms with Gasteiger partial charge in [-0.1, -0.05) is 12.1 Å². The molecule has 0 saturated carbocycles. The van der Waals surface area contributed by atoms with Gasteiger partial charge in [-0.2, -0.15) is 0 Å². The van der Waals surface area contributed by atoms with Gasteiger partial charge in [-0.15, -0.1) is 12.4 Å². The summed E-state index contributed by atoms with van der Waals surface area (Å²) in [7, 11) is 0. The zero-order valence-electron chi connectivity index (χ0n) is 14.5. The maximum Gasteiger partial charge on any atom is 0.315 e. The highest BCUT2D eigenvalue weighted by atomic mass is 35.5. The van der Waals surface area contributed by atoms with E-state index in [1.54, 1.807) is 0 Å². The van der Waals surface area contributed by atoms with Crippen LogP contribution in [0.1, 0.15) is 36.7 Å². The minimum Gasteiger partial charge on any atom is -0.336 e. The third-order valence-corrected chi connectivity index (χ3v) is 3.84. The second-order valence-corrected chi connectivity index (χ2v) is 6.23. The Kier molecular flexibility index (Phi) is 8.01. The summed E-state index contributed by atoms with van der Waals surface area (Å²) in [5.74, 6) is 0.0658. The van der Waals surface area contributed by atoms with Crippen LogP contribution in [0.3, 0.4) is 0 Å². The van der Waals surface area contributed by atoms with E-state index in [0.717, 1.165) is 25.2 Å². The summed E-state index contributed by atoms with van der Waals surface area (Å²) < 4.78 is 0. The molecule has 0 unspecified atom stereocenters. The molecule has 2 rings (SSSR count). The Balaban J connectivity index is 0.00000288. The number of piperazine rings is 1. The van der Waals surface area contributed by atoms with Gasteiger partial charge in [0.05, 0.1) is 0 Å². The lowest BCUT2D eigenvalue weighted by Crippen LogP contribution is -2.52. The average Bonchev–Trinajstić information content (AvgIpc) is 2.53. The van der Waals surface area contributed by atoms with Crippen molar-refractivity contribution in [3.63, 3.8) is 0 Å². The summed E-state index contributed by atoms with van der Waals surface area (Å²) >= 11 is 0. The molecule has 0 bridgehead atoms. The molecule has 1 aliphatic rings. The first-order chi connectivity index (χ1) is 11.0. The van der Waals surface area contributed by atoms with Crippen LogP contribution in [0.2, 0.25) is 0 Å². The molecular formula is C17H27ClN4O2. The van der Waals surface area contributed by atoms with Crippen molar-refractivity contribution in [1.29, 1.82) is 0 Å². The lowest BCUT2D eigenvalue weighted by Gasteiger charge is -2.34. The van der Waals surface area contributed by atoms with Crippen LogP contribution >= 0.6 is 12.4 Å². The van der Waals surface area contributed by atoms with Gasteiger partial charge in [0.25, 0.3) is 5.91 Å². The number of carbonyl (C=O) groups excluding carboxylic acids is 2. The number of carbonyl (C=O) groups is 2. The van der Waals surface area contributed by atoms with Crippen molar-refractivity contribution in [2.24, 2.45) is 0 Å². The zero-order valence-corrected chi connectivity index (χ0v) is 15.3. The van der Waals surface area contributed by atoms with Crippen LogP contribution in [0.4, 0.5) is 4.79 Å². The molecule has 3 amide bonds. The molecule has 1 heterocycles. The summed E-state index contributed by atoms with van der Waals surface area (Å²) in [5.41, 5.74) is 1.66. The molecule has 1 saturated heterocycles. The van der Waals surface area contributed by atoms with Gasteiger partial charge in [-0.05, 0) is 38.5 Å². The Morgan fingerprint density at radius 1 is 1.29 bits per heavy atom. The molecule has 0 aromatic heterocycles. The van der Waals surface area contributed by atoms with Crippen LogP contribution in [0, 0.1) is 0 Å². The molecule has 1 aromatic rings. The molecular weight excluding hydrogens is 328 g/mol. The van der Waals surface area contributed by atoms with Gasteiger partial charge in [-0.25, -0.2) is 4.79 Å². The smallest absolute Gasteiger partial charge is 0.315 e. The van der Waals surface area contributed by atoms with E-state index in [1.807, 2.05) is 43.0 Å². The Morgan fingerprint density at radius 2 is 1.96 bits per heavy atom. The second-order valence-electron chi connectivity index (χ2n) is 6.23. The van der Waals surface area contributed by atoms with Crippen LogP contribution in [0.25, 0.3) is 0 Å². The first-order valence-corrected chi connectivity index (χ1v) is 8.12. The van der Waals surface area contributed by atoms with Gasteiger partial charge in [0.1, 0.15) is 0 Å². The molecule has 134 valence electrons. The summed E-state index contributed by atoms with van der Waals surface area (Å²) in [4.78, 5) is 26.0. The number of amides is 3. The fourth-order valence-electron chi connectivity index (χ4n) is 2.57.